The molecule has 1 aliphatic rings. The summed E-state index contributed by atoms with van der Waals surface area (Å²) in [5.74, 6) is 0. The van der Waals surface area contributed by atoms with Crippen LogP contribution in [-0.2, 0) is 0 Å². The number of carbonyl (C=O) groups is 1. The fourth-order valence-electron chi connectivity index (χ4n) is 2.46. The van der Waals surface area contributed by atoms with Crippen LogP contribution in [0.1, 0.15) is 17.2 Å². The van der Waals surface area contributed by atoms with Crippen LogP contribution in [0.2, 0.25) is 0 Å². The molecule has 102 valence electrons. The zero-order chi connectivity index (χ0) is 14.1. The summed E-state index contributed by atoms with van der Waals surface area (Å²) < 4.78 is 0. The maximum atomic E-state index is 11.8. The topological polar surface area (TPSA) is 44.4 Å². The van der Waals surface area contributed by atoms with Crippen LogP contribution in [0.3, 0.4) is 0 Å². The molecule has 0 saturated heterocycles. The highest BCUT2D eigenvalue weighted by atomic mass is 16.2. The summed E-state index contributed by atoms with van der Waals surface area (Å²) in [6.45, 7) is 0. The van der Waals surface area contributed by atoms with Crippen LogP contribution in [0.15, 0.2) is 48.5 Å². The fourth-order valence-corrected chi connectivity index (χ4v) is 2.46. The van der Waals surface area contributed by atoms with Crippen molar-refractivity contribution in [1.82, 2.24) is 5.32 Å². The SMILES string of the molecule is CN(C)c1ccc2c(c1)C(c1ccccc1)NC(=O)N2. The number of carbonyl (C=O) groups excluding carboxylic acids is 1. The molecule has 3 rings (SSSR count). The number of rotatable bonds is 2. The van der Waals surface area contributed by atoms with E-state index in [1.165, 1.54) is 0 Å². The predicted octanol–water partition coefficient (Wildman–Crippen LogP) is 2.98. The van der Waals surface area contributed by atoms with Crippen molar-refractivity contribution in [1.29, 1.82) is 0 Å². The Kier molecular flexibility index (Phi) is 3.06. The van der Waals surface area contributed by atoms with Crippen molar-refractivity contribution < 1.29 is 4.79 Å². The highest BCUT2D eigenvalue weighted by Crippen LogP contribution is 2.34. The summed E-state index contributed by atoms with van der Waals surface area (Å²) in [7, 11) is 4.02. The van der Waals surface area contributed by atoms with Gasteiger partial charge in [0.25, 0.3) is 0 Å². The molecule has 2 aromatic carbocycles. The molecule has 2 amide bonds. The number of anilines is 2. The highest BCUT2D eigenvalue weighted by molar-refractivity contribution is 5.94. The fraction of sp³-hybridized carbons (Fsp3) is 0.188. The van der Waals surface area contributed by atoms with Crippen LogP contribution in [0, 0.1) is 0 Å². The first-order valence-electron chi connectivity index (χ1n) is 6.59. The average Bonchev–Trinajstić information content (AvgIpc) is 2.46. The van der Waals surface area contributed by atoms with Gasteiger partial charge in [0.15, 0.2) is 0 Å². The van der Waals surface area contributed by atoms with Crippen molar-refractivity contribution in [2.75, 3.05) is 24.3 Å². The Morgan fingerprint density at radius 1 is 1.05 bits per heavy atom. The monoisotopic (exact) mass is 267 g/mol. The molecule has 0 spiro atoms. The minimum absolute atomic E-state index is 0.111. The summed E-state index contributed by atoms with van der Waals surface area (Å²) in [6, 6.07) is 15.8. The van der Waals surface area contributed by atoms with Gasteiger partial charge in [-0.3, -0.25) is 0 Å². The first kappa shape index (κ1) is 12.5. The molecule has 2 N–H and O–H groups in total. The van der Waals surface area contributed by atoms with E-state index < -0.39 is 0 Å². The van der Waals surface area contributed by atoms with Gasteiger partial charge in [0.1, 0.15) is 0 Å². The average molecular weight is 267 g/mol. The molecule has 0 bridgehead atoms. The largest absolute Gasteiger partial charge is 0.378 e. The first-order valence-corrected chi connectivity index (χ1v) is 6.59. The van der Waals surface area contributed by atoms with Gasteiger partial charge >= 0.3 is 6.03 Å². The number of amides is 2. The minimum Gasteiger partial charge on any atom is -0.378 e. The second-order valence-electron chi connectivity index (χ2n) is 5.11. The van der Waals surface area contributed by atoms with E-state index in [2.05, 4.69) is 21.6 Å². The van der Waals surface area contributed by atoms with Gasteiger partial charge in [-0.25, -0.2) is 4.79 Å². The summed E-state index contributed by atoms with van der Waals surface area (Å²) in [5.41, 5.74) is 4.15. The minimum atomic E-state index is -0.163. The van der Waals surface area contributed by atoms with E-state index in [1.54, 1.807) is 0 Å². The number of fused-ring (bicyclic) bond motifs is 1. The molecule has 20 heavy (non-hydrogen) atoms. The van der Waals surface area contributed by atoms with Crippen molar-refractivity contribution in [2.45, 2.75) is 6.04 Å². The maximum Gasteiger partial charge on any atom is 0.320 e. The van der Waals surface area contributed by atoms with Crippen molar-refractivity contribution in [3.8, 4) is 0 Å². The molecule has 1 aliphatic heterocycles. The molecule has 0 saturated carbocycles. The molecule has 4 heteroatoms. The Bertz CT molecular complexity index is 637. The van der Waals surface area contributed by atoms with Crippen LogP contribution >= 0.6 is 0 Å². The van der Waals surface area contributed by atoms with Gasteiger partial charge in [0.05, 0.1) is 6.04 Å². The molecule has 0 aliphatic carbocycles. The zero-order valence-corrected chi connectivity index (χ0v) is 11.6. The summed E-state index contributed by atoms with van der Waals surface area (Å²) in [5, 5.41) is 5.84. The molecular weight excluding hydrogens is 250 g/mol. The standard InChI is InChI=1S/C16H17N3O/c1-19(2)12-8-9-14-13(10-12)15(18-16(20)17-14)11-6-4-3-5-7-11/h3-10,15H,1-2H3,(H2,17,18,20). The van der Waals surface area contributed by atoms with Crippen LogP contribution < -0.4 is 15.5 Å². The van der Waals surface area contributed by atoms with Crippen molar-refractivity contribution in [2.24, 2.45) is 0 Å². The summed E-state index contributed by atoms with van der Waals surface area (Å²) in [6.07, 6.45) is 0. The Hall–Kier alpha value is -2.49. The first-order chi connectivity index (χ1) is 9.65. The number of nitrogens with zero attached hydrogens (tertiary/aromatic N) is 1. The summed E-state index contributed by atoms with van der Waals surface area (Å²) in [4.78, 5) is 13.9. The van der Waals surface area contributed by atoms with Gasteiger partial charge in [-0.05, 0) is 23.8 Å². The third-order valence-corrected chi connectivity index (χ3v) is 3.52. The van der Waals surface area contributed by atoms with E-state index in [0.717, 1.165) is 22.5 Å². The van der Waals surface area contributed by atoms with E-state index in [1.807, 2.05) is 56.6 Å². The number of urea groups is 1. The highest BCUT2D eigenvalue weighted by Gasteiger charge is 2.25. The van der Waals surface area contributed by atoms with E-state index >= 15 is 0 Å². The Morgan fingerprint density at radius 3 is 2.50 bits per heavy atom. The van der Waals surface area contributed by atoms with Crippen LogP contribution in [0.5, 0.6) is 0 Å². The van der Waals surface area contributed by atoms with Crippen LogP contribution in [0.4, 0.5) is 16.2 Å². The number of nitrogens with one attached hydrogen (secondary N) is 2. The van der Waals surface area contributed by atoms with Crippen molar-refractivity contribution in [3.63, 3.8) is 0 Å². The maximum absolute atomic E-state index is 11.8. The third-order valence-electron chi connectivity index (χ3n) is 3.52. The molecule has 2 aromatic rings. The molecule has 1 unspecified atom stereocenters. The molecule has 1 heterocycles. The van der Waals surface area contributed by atoms with Gasteiger partial charge in [0.2, 0.25) is 0 Å². The van der Waals surface area contributed by atoms with Crippen molar-refractivity contribution >= 4 is 17.4 Å². The number of hydrogen-bond donors (Lipinski definition) is 2. The third kappa shape index (κ3) is 2.20. The van der Waals surface area contributed by atoms with Crippen LogP contribution in [0.25, 0.3) is 0 Å². The predicted molar refractivity (Wildman–Crippen MR) is 81.2 cm³/mol. The lowest BCUT2D eigenvalue weighted by Gasteiger charge is -2.29. The van der Waals surface area contributed by atoms with Crippen LogP contribution in [-0.4, -0.2) is 20.1 Å². The van der Waals surface area contributed by atoms with Gasteiger partial charge < -0.3 is 15.5 Å². The molecule has 4 nitrogen and oxygen atoms in total. The number of hydrogen-bond acceptors (Lipinski definition) is 2. The van der Waals surface area contributed by atoms with Crippen molar-refractivity contribution in [3.05, 3.63) is 59.7 Å². The van der Waals surface area contributed by atoms with Gasteiger partial charge in [-0.15, -0.1) is 0 Å². The number of benzene rings is 2. The molecular formula is C16H17N3O. The lowest BCUT2D eigenvalue weighted by atomic mass is 9.95. The molecule has 0 aromatic heterocycles. The zero-order valence-electron chi connectivity index (χ0n) is 11.6. The lowest BCUT2D eigenvalue weighted by Crippen LogP contribution is -2.38. The van der Waals surface area contributed by atoms with E-state index in [9.17, 15) is 4.79 Å². The van der Waals surface area contributed by atoms with E-state index in [4.69, 9.17) is 0 Å². The quantitative estimate of drug-likeness (QED) is 0.878. The van der Waals surface area contributed by atoms with Gasteiger partial charge in [-0.2, -0.15) is 0 Å². The molecule has 1 atom stereocenters. The second-order valence-corrected chi connectivity index (χ2v) is 5.11. The Morgan fingerprint density at radius 2 is 1.80 bits per heavy atom. The molecule has 0 fully saturated rings. The lowest BCUT2D eigenvalue weighted by molar-refractivity contribution is 0.249. The van der Waals surface area contributed by atoms with E-state index in [0.29, 0.717) is 0 Å². The Balaban J connectivity index is 2.10. The normalized spacial score (nSPS) is 16.9. The molecule has 0 radical (unpaired) electrons. The summed E-state index contributed by atoms with van der Waals surface area (Å²) >= 11 is 0. The Labute approximate surface area is 118 Å². The van der Waals surface area contributed by atoms with Gasteiger partial charge in [-0.1, -0.05) is 30.3 Å². The van der Waals surface area contributed by atoms with E-state index in [-0.39, 0.29) is 12.1 Å². The second kappa shape index (κ2) is 4.89. The van der Waals surface area contributed by atoms with Gasteiger partial charge in [0, 0.05) is 31.0 Å². The smallest absolute Gasteiger partial charge is 0.320 e.